The molecule has 0 radical (unpaired) electrons. The molecule has 0 spiro atoms. The Labute approximate surface area is 155 Å². The van der Waals surface area contributed by atoms with Crippen molar-refractivity contribution in [3.05, 3.63) is 29.6 Å². The number of anilines is 1. The van der Waals surface area contributed by atoms with Crippen LogP contribution in [-0.2, 0) is 4.79 Å². The molecule has 4 nitrogen and oxygen atoms in total. The van der Waals surface area contributed by atoms with Crippen LogP contribution < -0.4 is 10.2 Å². The minimum Gasteiger partial charge on any atom is -0.371 e. The van der Waals surface area contributed by atoms with Crippen LogP contribution in [0, 0.1) is 24.6 Å². The van der Waals surface area contributed by atoms with Gasteiger partial charge < -0.3 is 10.2 Å². The van der Waals surface area contributed by atoms with Gasteiger partial charge in [-0.3, -0.25) is 9.69 Å². The Kier molecular flexibility index (Phi) is 4.91. The third-order valence-corrected chi connectivity index (χ3v) is 6.49. The summed E-state index contributed by atoms with van der Waals surface area (Å²) in [6.07, 6.45) is 4.94. The molecule has 3 fully saturated rings. The van der Waals surface area contributed by atoms with E-state index in [2.05, 4.69) is 15.1 Å². The van der Waals surface area contributed by atoms with Gasteiger partial charge in [0.15, 0.2) is 0 Å². The average Bonchev–Trinajstić information content (AvgIpc) is 3.36. The molecule has 1 amide bonds. The van der Waals surface area contributed by atoms with Crippen LogP contribution in [0.5, 0.6) is 0 Å². The number of rotatable bonds is 4. The smallest absolute Gasteiger partial charge is 0.217 e. The summed E-state index contributed by atoms with van der Waals surface area (Å²) in [6.45, 7) is 7.80. The van der Waals surface area contributed by atoms with Gasteiger partial charge in [-0.05, 0) is 68.2 Å². The highest BCUT2D eigenvalue weighted by Crippen LogP contribution is 2.42. The lowest BCUT2D eigenvalue weighted by Crippen LogP contribution is -2.45. The molecule has 1 aliphatic carbocycles. The van der Waals surface area contributed by atoms with Gasteiger partial charge in [0.25, 0.3) is 0 Å². The van der Waals surface area contributed by atoms with Crippen molar-refractivity contribution in [1.82, 2.24) is 10.2 Å². The fraction of sp³-hybridized carbons (Fsp3) is 0.667. The van der Waals surface area contributed by atoms with Crippen LogP contribution in [0.1, 0.15) is 38.2 Å². The van der Waals surface area contributed by atoms with Crippen molar-refractivity contribution in [1.29, 1.82) is 0 Å². The fourth-order valence-electron chi connectivity index (χ4n) is 5.02. The molecule has 2 unspecified atom stereocenters. The van der Waals surface area contributed by atoms with Gasteiger partial charge in [-0.25, -0.2) is 4.39 Å². The normalized spacial score (nSPS) is 27.7. The van der Waals surface area contributed by atoms with Crippen LogP contribution in [0.15, 0.2) is 18.2 Å². The Hall–Kier alpha value is -1.62. The first-order valence-corrected chi connectivity index (χ1v) is 10.0. The van der Waals surface area contributed by atoms with Crippen molar-refractivity contribution in [3.8, 4) is 0 Å². The quantitative estimate of drug-likeness (QED) is 0.898. The topological polar surface area (TPSA) is 35.6 Å². The first kappa shape index (κ1) is 17.8. The number of halogens is 1. The summed E-state index contributed by atoms with van der Waals surface area (Å²) in [7, 11) is 0. The van der Waals surface area contributed by atoms with Crippen molar-refractivity contribution in [2.75, 3.05) is 31.1 Å². The summed E-state index contributed by atoms with van der Waals surface area (Å²) in [5.74, 6) is 1.40. The maximum absolute atomic E-state index is 13.4. The molecular weight excluding hydrogens is 329 g/mol. The third-order valence-electron chi connectivity index (χ3n) is 6.49. The first-order chi connectivity index (χ1) is 12.5. The van der Waals surface area contributed by atoms with Crippen LogP contribution in [0.3, 0.4) is 0 Å². The second-order valence-electron chi connectivity index (χ2n) is 8.41. The molecule has 3 aliphatic rings. The van der Waals surface area contributed by atoms with Gasteiger partial charge in [0, 0.05) is 50.9 Å². The summed E-state index contributed by atoms with van der Waals surface area (Å²) < 4.78 is 13.4. The van der Waals surface area contributed by atoms with E-state index in [0.717, 1.165) is 50.5 Å². The lowest BCUT2D eigenvalue weighted by atomic mass is 9.98. The maximum Gasteiger partial charge on any atom is 0.217 e. The van der Waals surface area contributed by atoms with Gasteiger partial charge in [0.05, 0.1) is 0 Å². The summed E-state index contributed by atoms with van der Waals surface area (Å²) in [4.78, 5) is 16.6. The molecule has 0 bridgehead atoms. The predicted molar refractivity (Wildman–Crippen MR) is 102 cm³/mol. The lowest BCUT2D eigenvalue weighted by Gasteiger charge is -2.38. The van der Waals surface area contributed by atoms with E-state index in [1.807, 2.05) is 13.0 Å². The van der Waals surface area contributed by atoms with Gasteiger partial charge in [-0.1, -0.05) is 0 Å². The van der Waals surface area contributed by atoms with E-state index in [1.165, 1.54) is 18.5 Å². The minimum atomic E-state index is -0.159. The summed E-state index contributed by atoms with van der Waals surface area (Å²) in [5.41, 5.74) is 2.18. The molecule has 1 aromatic carbocycles. The standard InChI is InChI=1S/C21H30FN3O/c1-14-11-17(22)5-6-21(14)24-9-7-18(8-10-24)25-12-19(16-3-4-16)20(13-25)23-15(2)26/h5-6,11,16,18-20H,3-4,7-10,12-13H2,1-2H3,(H,23,26). The molecule has 142 valence electrons. The van der Waals surface area contributed by atoms with E-state index in [1.54, 1.807) is 19.1 Å². The van der Waals surface area contributed by atoms with Gasteiger partial charge in [0.2, 0.25) is 5.91 Å². The van der Waals surface area contributed by atoms with Crippen molar-refractivity contribution in [3.63, 3.8) is 0 Å². The highest BCUT2D eigenvalue weighted by atomic mass is 19.1. The van der Waals surface area contributed by atoms with E-state index in [9.17, 15) is 9.18 Å². The monoisotopic (exact) mass is 359 g/mol. The van der Waals surface area contributed by atoms with Crippen molar-refractivity contribution in [2.24, 2.45) is 11.8 Å². The number of nitrogens with zero attached hydrogens (tertiary/aromatic N) is 2. The highest BCUT2D eigenvalue weighted by molar-refractivity contribution is 5.73. The third kappa shape index (κ3) is 3.73. The molecule has 1 aromatic rings. The molecule has 1 saturated carbocycles. The van der Waals surface area contributed by atoms with Crippen LogP contribution in [0.2, 0.25) is 0 Å². The molecule has 2 aliphatic heterocycles. The largest absolute Gasteiger partial charge is 0.371 e. The van der Waals surface area contributed by atoms with Gasteiger partial charge in [0.1, 0.15) is 5.82 Å². The second kappa shape index (κ2) is 7.18. The summed E-state index contributed by atoms with van der Waals surface area (Å²) in [6, 6.07) is 6.04. The molecular formula is C21H30FN3O. The van der Waals surface area contributed by atoms with E-state index >= 15 is 0 Å². The number of likely N-dealkylation sites (tertiary alicyclic amines) is 1. The van der Waals surface area contributed by atoms with Crippen LogP contribution >= 0.6 is 0 Å². The maximum atomic E-state index is 13.4. The fourth-order valence-corrected chi connectivity index (χ4v) is 5.02. The average molecular weight is 359 g/mol. The van der Waals surface area contributed by atoms with E-state index in [0.29, 0.717) is 18.0 Å². The number of aryl methyl sites for hydroxylation is 1. The Morgan fingerprint density at radius 2 is 1.88 bits per heavy atom. The molecule has 4 rings (SSSR count). The van der Waals surface area contributed by atoms with Crippen molar-refractivity contribution < 1.29 is 9.18 Å². The lowest BCUT2D eigenvalue weighted by molar-refractivity contribution is -0.119. The zero-order valence-corrected chi connectivity index (χ0v) is 15.9. The molecule has 2 heterocycles. The van der Waals surface area contributed by atoms with Crippen LogP contribution in [0.25, 0.3) is 0 Å². The van der Waals surface area contributed by atoms with Crippen molar-refractivity contribution >= 4 is 11.6 Å². The van der Waals surface area contributed by atoms with Gasteiger partial charge >= 0.3 is 0 Å². The highest BCUT2D eigenvalue weighted by Gasteiger charge is 2.44. The van der Waals surface area contributed by atoms with Crippen LogP contribution in [-0.4, -0.2) is 49.1 Å². The van der Waals surface area contributed by atoms with E-state index < -0.39 is 0 Å². The number of piperidine rings is 1. The van der Waals surface area contributed by atoms with Gasteiger partial charge in [-0.2, -0.15) is 0 Å². The molecule has 26 heavy (non-hydrogen) atoms. The Bertz CT molecular complexity index is 667. The molecule has 1 N–H and O–H groups in total. The van der Waals surface area contributed by atoms with Gasteiger partial charge in [-0.15, -0.1) is 0 Å². The zero-order chi connectivity index (χ0) is 18.3. The number of hydrogen-bond acceptors (Lipinski definition) is 3. The van der Waals surface area contributed by atoms with Crippen LogP contribution in [0.4, 0.5) is 10.1 Å². The molecule has 5 heteroatoms. The number of nitrogens with one attached hydrogen (secondary N) is 1. The first-order valence-electron chi connectivity index (χ1n) is 10.0. The number of carbonyl (C=O) groups excluding carboxylic acids is 1. The summed E-state index contributed by atoms with van der Waals surface area (Å²) in [5, 5.41) is 3.20. The Balaban J connectivity index is 1.36. The SMILES string of the molecule is CC(=O)NC1CN(C2CCN(c3ccc(F)cc3C)CC2)CC1C1CC1. The number of hydrogen-bond donors (Lipinski definition) is 1. The van der Waals surface area contributed by atoms with Crippen molar-refractivity contribution in [2.45, 2.75) is 51.6 Å². The minimum absolute atomic E-state index is 0.101. The number of benzene rings is 1. The van der Waals surface area contributed by atoms with E-state index in [-0.39, 0.29) is 11.7 Å². The zero-order valence-electron chi connectivity index (χ0n) is 15.9. The molecule has 2 atom stereocenters. The van der Waals surface area contributed by atoms with E-state index in [4.69, 9.17) is 0 Å². The summed E-state index contributed by atoms with van der Waals surface area (Å²) >= 11 is 0. The Morgan fingerprint density at radius 1 is 1.15 bits per heavy atom. The number of carbonyl (C=O) groups is 1. The molecule has 0 aromatic heterocycles. The predicted octanol–water partition coefficient (Wildman–Crippen LogP) is 2.95. The second-order valence-corrected chi connectivity index (χ2v) is 8.41. The molecule has 2 saturated heterocycles. The number of amides is 1. The Morgan fingerprint density at radius 3 is 2.50 bits per heavy atom.